The molecule has 2 amide bonds. The first-order valence-electron chi connectivity index (χ1n) is 9.17. The average Bonchev–Trinajstić information content (AvgIpc) is 3.05. The van der Waals surface area contributed by atoms with Crippen LogP contribution in [0.5, 0.6) is 0 Å². The third kappa shape index (κ3) is 7.05. The van der Waals surface area contributed by atoms with Gasteiger partial charge in [0.25, 0.3) is 5.91 Å². The second kappa shape index (κ2) is 10.7. The van der Waals surface area contributed by atoms with Crippen molar-refractivity contribution in [3.63, 3.8) is 0 Å². The molecule has 0 saturated heterocycles. The van der Waals surface area contributed by atoms with Crippen LogP contribution in [0.3, 0.4) is 0 Å². The van der Waals surface area contributed by atoms with Crippen LogP contribution in [0.4, 0.5) is 5.69 Å². The average molecular weight is 390 g/mol. The summed E-state index contributed by atoms with van der Waals surface area (Å²) in [6, 6.07) is 7.11. The maximum atomic E-state index is 12.4. The molecule has 0 aliphatic carbocycles. The normalized spacial score (nSPS) is 11.8. The minimum absolute atomic E-state index is 0.122. The Kier molecular flexibility index (Phi) is 8.32. The number of thioether (sulfide) groups is 1. The molecule has 146 valence electrons. The molecule has 2 N–H and O–H groups in total. The topological polar surface area (TPSA) is 88.9 Å². The van der Waals surface area contributed by atoms with E-state index < -0.39 is 0 Å². The van der Waals surface area contributed by atoms with E-state index >= 15 is 0 Å². The summed E-state index contributed by atoms with van der Waals surface area (Å²) in [7, 11) is 1.82. The Morgan fingerprint density at radius 2 is 2.11 bits per heavy atom. The van der Waals surface area contributed by atoms with Crippen molar-refractivity contribution in [2.45, 2.75) is 50.7 Å². The summed E-state index contributed by atoms with van der Waals surface area (Å²) in [5.41, 5.74) is 1.14. The number of rotatable bonds is 10. The van der Waals surface area contributed by atoms with E-state index in [9.17, 15) is 9.59 Å². The summed E-state index contributed by atoms with van der Waals surface area (Å²) >= 11 is 1.31. The van der Waals surface area contributed by atoms with Crippen LogP contribution in [0.2, 0.25) is 0 Å². The largest absolute Gasteiger partial charge is 0.350 e. The van der Waals surface area contributed by atoms with Crippen molar-refractivity contribution >= 4 is 29.3 Å². The highest BCUT2D eigenvalue weighted by Crippen LogP contribution is 2.15. The van der Waals surface area contributed by atoms with Gasteiger partial charge in [-0.25, -0.2) is 0 Å². The SMILES string of the molecule is CCCCCC(C)NC(=O)c1cccc(NC(=O)CSc2nncn2C)c1. The second-order valence-electron chi connectivity index (χ2n) is 6.51. The molecule has 1 unspecified atom stereocenters. The number of unbranched alkanes of at least 4 members (excludes halogenated alkanes) is 2. The summed E-state index contributed by atoms with van der Waals surface area (Å²) in [6.07, 6.45) is 6.00. The van der Waals surface area contributed by atoms with Crippen molar-refractivity contribution in [3.05, 3.63) is 36.2 Å². The van der Waals surface area contributed by atoms with Gasteiger partial charge < -0.3 is 15.2 Å². The van der Waals surface area contributed by atoms with Crippen LogP contribution in [-0.4, -0.2) is 38.4 Å². The molecule has 27 heavy (non-hydrogen) atoms. The summed E-state index contributed by atoms with van der Waals surface area (Å²) < 4.78 is 1.75. The lowest BCUT2D eigenvalue weighted by Gasteiger charge is -2.14. The zero-order valence-electron chi connectivity index (χ0n) is 16.1. The van der Waals surface area contributed by atoms with Crippen LogP contribution in [-0.2, 0) is 11.8 Å². The molecule has 0 saturated carbocycles. The molecule has 7 nitrogen and oxygen atoms in total. The van der Waals surface area contributed by atoms with Gasteiger partial charge in [0.15, 0.2) is 5.16 Å². The van der Waals surface area contributed by atoms with E-state index in [2.05, 4.69) is 27.8 Å². The Bertz CT molecular complexity index is 762. The van der Waals surface area contributed by atoms with Gasteiger partial charge in [0.2, 0.25) is 5.91 Å². The lowest BCUT2D eigenvalue weighted by atomic mass is 10.1. The molecule has 2 rings (SSSR count). The molecule has 1 heterocycles. The lowest BCUT2D eigenvalue weighted by molar-refractivity contribution is -0.113. The van der Waals surface area contributed by atoms with Crippen molar-refractivity contribution < 1.29 is 9.59 Å². The van der Waals surface area contributed by atoms with E-state index in [0.717, 1.165) is 19.3 Å². The molecule has 0 spiro atoms. The van der Waals surface area contributed by atoms with Crippen molar-refractivity contribution in [1.82, 2.24) is 20.1 Å². The van der Waals surface area contributed by atoms with Crippen LogP contribution in [0.25, 0.3) is 0 Å². The van der Waals surface area contributed by atoms with Crippen LogP contribution >= 0.6 is 11.8 Å². The number of carbonyl (C=O) groups excluding carboxylic acids is 2. The molecule has 1 aromatic heterocycles. The fraction of sp³-hybridized carbons (Fsp3) is 0.474. The summed E-state index contributed by atoms with van der Waals surface area (Å²) in [5.74, 6) is -0.0608. The molecular formula is C19H27N5O2S. The van der Waals surface area contributed by atoms with Crippen molar-refractivity contribution in [2.24, 2.45) is 7.05 Å². The molecule has 0 bridgehead atoms. The highest BCUT2D eigenvalue weighted by atomic mass is 32.2. The smallest absolute Gasteiger partial charge is 0.251 e. The van der Waals surface area contributed by atoms with Crippen molar-refractivity contribution in [1.29, 1.82) is 0 Å². The number of benzene rings is 1. The van der Waals surface area contributed by atoms with Crippen molar-refractivity contribution in [3.8, 4) is 0 Å². The lowest BCUT2D eigenvalue weighted by Crippen LogP contribution is -2.32. The van der Waals surface area contributed by atoms with Gasteiger partial charge in [-0.05, 0) is 31.5 Å². The molecule has 0 aliphatic rings. The Labute approximate surface area is 164 Å². The minimum Gasteiger partial charge on any atom is -0.350 e. The van der Waals surface area contributed by atoms with Crippen LogP contribution in [0.1, 0.15) is 49.9 Å². The molecule has 0 aliphatic heterocycles. The molecule has 1 atom stereocenters. The molecule has 0 radical (unpaired) electrons. The third-order valence-corrected chi connectivity index (χ3v) is 5.06. The molecule has 2 aromatic rings. The van der Waals surface area contributed by atoms with Crippen LogP contribution in [0.15, 0.2) is 35.7 Å². The number of hydrogen-bond donors (Lipinski definition) is 2. The van der Waals surface area contributed by atoms with Gasteiger partial charge >= 0.3 is 0 Å². The number of hydrogen-bond acceptors (Lipinski definition) is 5. The number of aryl methyl sites for hydroxylation is 1. The zero-order valence-corrected chi connectivity index (χ0v) is 16.9. The maximum absolute atomic E-state index is 12.4. The number of aromatic nitrogens is 3. The first-order valence-corrected chi connectivity index (χ1v) is 10.2. The number of anilines is 1. The number of carbonyl (C=O) groups is 2. The number of amides is 2. The molecular weight excluding hydrogens is 362 g/mol. The Morgan fingerprint density at radius 3 is 2.81 bits per heavy atom. The highest BCUT2D eigenvalue weighted by Gasteiger charge is 2.12. The predicted molar refractivity (Wildman–Crippen MR) is 108 cm³/mol. The number of nitrogens with zero attached hydrogens (tertiary/aromatic N) is 3. The fourth-order valence-electron chi connectivity index (χ4n) is 2.55. The molecule has 1 aromatic carbocycles. The standard InChI is InChI=1S/C19H27N5O2S/c1-4-5-6-8-14(2)21-18(26)15-9-7-10-16(11-15)22-17(25)12-27-19-23-20-13-24(19)3/h7,9-11,13-14H,4-6,8,12H2,1-3H3,(H,21,26)(H,22,25). The van der Waals surface area contributed by atoms with Gasteiger partial charge in [0, 0.05) is 24.3 Å². The molecule has 0 fully saturated rings. The van der Waals surface area contributed by atoms with E-state index in [4.69, 9.17) is 0 Å². The quantitative estimate of drug-likeness (QED) is 0.481. The monoisotopic (exact) mass is 389 g/mol. The van der Waals surface area contributed by atoms with Gasteiger partial charge in [0.1, 0.15) is 6.33 Å². The van der Waals surface area contributed by atoms with Crippen molar-refractivity contribution in [2.75, 3.05) is 11.1 Å². The van der Waals surface area contributed by atoms with E-state index in [1.165, 1.54) is 18.2 Å². The van der Waals surface area contributed by atoms with Crippen LogP contribution in [0, 0.1) is 0 Å². The van der Waals surface area contributed by atoms with E-state index in [1.54, 1.807) is 35.2 Å². The summed E-state index contributed by atoms with van der Waals surface area (Å²) in [6.45, 7) is 4.18. The first-order chi connectivity index (χ1) is 13.0. The second-order valence-corrected chi connectivity index (χ2v) is 7.45. The summed E-state index contributed by atoms with van der Waals surface area (Å²) in [5, 5.41) is 14.2. The predicted octanol–water partition coefficient (Wildman–Crippen LogP) is 3.24. The summed E-state index contributed by atoms with van der Waals surface area (Å²) in [4.78, 5) is 24.5. The zero-order chi connectivity index (χ0) is 19.6. The van der Waals surface area contributed by atoms with Gasteiger partial charge in [-0.2, -0.15) is 0 Å². The van der Waals surface area contributed by atoms with E-state index in [0.29, 0.717) is 16.4 Å². The number of nitrogens with one attached hydrogen (secondary N) is 2. The van der Waals surface area contributed by atoms with Gasteiger partial charge in [-0.3, -0.25) is 9.59 Å². The Hall–Kier alpha value is -2.35. The molecule has 8 heteroatoms. The third-order valence-electron chi connectivity index (χ3n) is 4.03. The van der Waals surface area contributed by atoms with E-state index in [-0.39, 0.29) is 23.6 Å². The minimum atomic E-state index is -0.159. The van der Waals surface area contributed by atoms with Gasteiger partial charge in [-0.1, -0.05) is 44.0 Å². The Balaban J connectivity index is 1.85. The highest BCUT2D eigenvalue weighted by molar-refractivity contribution is 7.99. The van der Waals surface area contributed by atoms with Gasteiger partial charge in [-0.15, -0.1) is 10.2 Å². The van der Waals surface area contributed by atoms with Gasteiger partial charge in [0.05, 0.1) is 5.75 Å². The first kappa shape index (κ1) is 21.0. The van der Waals surface area contributed by atoms with Crippen LogP contribution < -0.4 is 10.6 Å². The maximum Gasteiger partial charge on any atom is 0.251 e. The fourth-order valence-corrected chi connectivity index (χ4v) is 3.24. The Morgan fingerprint density at radius 1 is 1.30 bits per heavy atom. The van der Waals surface area contributed by atoms with E-state index in [1.807, 2.05) is 14.0 Å².